The number of rotatable bonds is 5. The first-order valence-electron chi connectivity index (χ1n) is 6.22. The van der Waals surface area contributed by atoms with E-state index in [1.165, 1.54) is 10.8 Å². The topological polar surface area (TPSA) is 17.1 Å². The van der Waals surface area contributed by atoms with Crippen LogP contribution in [0.2, 0.25) is 0 Å². The first kappa shape index (κ1) is 11.8. The molecule has 0 spiro atoms. The summed E-state index contributed by atoms with van der Waals surface area (Å²) >= 11 is 0. The van der Waals surface area contributed by atoms with E-state index in [-0.39, 0.29) is 5.92 Å². The molecular weight excluding hydrogens is 208 g/mol. The van der Waals surface area contributed by atoms with Gasteiger partial charge < -0.3 is 0 Å². The van der Waals surface area contributed by atoms with Gasteiger partial charge in [0, 0.05) is 0 Å². The maximum absolute atomic E-state index is 11.1. The van der Waals surface area contributed by atoms with Gasteiger partial charge in [0.1, 0.15) is 0 Å². The molecule has 1 heteroatoms. The van der Waals surface area contributed by atoms with Gasteiger partial charge in [-0.05, 0) is 22.8 Å². The molecule has 1 unspecified atom stereocenters. The van der Waals surface area contributed by atoms with Crippen molar-refractivity contribution < 1.29 is 4.79 Å². The molecule has 2 rings (SSSR count). The molecule has 87 valence electrons. The van der Waals surface area contributed by atoms with Crippen molar-refractivity contribution in [3.8, 4) is 0 Å². The number of unbranched alkanes of at least 4 members (excludes halogenated alkanes) is 1. The molecule has 0 aromatic heterocycles. The summed E-state index contributed by atoms with van der Waals surface area (Å²) in [6.45, 7) is 2.14. The van der Waals surface area contributed by atoms with Gasteiger partial charge in [0.05, 0.1) is 5.92 Å². The predicted octanol–water partition coefficient (Wildman–Crippen LogP) is 4.22. The van der Waals surface area contributed by atoms with Crippen molar-refractivity contribution in [2.24, 2.45) is 0 Å². The third-order valence-corrected chi connectivity index (χ3v) is 3.19. The smallest absolute Gasteiger partial charge is 0.206 e. The van der Waals surface area contributed by atoms with E-state index in [2.05, 4.69) is 31.4 Å². The van der Waals surface area contributed by atoms with Crippen molar-refractivity contribution in [1.29, 1.82) is 0 Å². The summed E-state index contributed by atoms with van der Waals surface area (Å²) in [5.74, 6) is -0.0824. The van der Waals surface area contributed by atoms with Crippen molar-refractivity contribution in [1.82, 2.24) is 0 Å². The average molecular weight is 225 g/mol. The summed E-state index contributed by atoms with van der Waals surface area (Å²) in [7, 11) is 0. The highest BCUT2D eigenvalue weighted by Gasteiger charge is 2.13. The summed E-state index contributed by atoms with van der Waals surface area (Å²) in [5, 5.41) is 2.38. The Morgan fingerprint density at radius 1 is 1.12 bits per heavy atom. The lowest BCUT2D eigenvalue weighted by Gasteiger charge is -2.12. The molecule has 0 saturated heterocycles. The zero-order valence-corrected chi connectivity index (χ0v) is 10.1. The van der Waals surface area contributed by atoms with Crippen LogP contribution in [0.4, 0.5) is 0 Å². The van der Waals surface area contributed by atoms with Crippen LogP contribution in [-0.2, 0) is 4.79 Å². The van der Waals surface area contributed by atoms with Crippen molar-refractivity contribution in [2.45, 2.75) is 32.1 Å². The largest absolute Gasteiger partial charge is 0.290 e. The first-order valence-corrected chi connectivity index (χ1v) is 6.22. The molecule has 0 fully saturated rings. The predicted molar refractivity (Wildman–Crippen MR) is 71.9 cm³/mol. The van der Waals surface area contributed by atoms with E-state index < -0.39 is 0 Å². The molecular formula is C16H17O. The summed E-state index contributed by atoms with van der Waals surface area (Å²) in [6.07, 6.45) is 5.28. The first-order chi connectivity index (χ1) is 8.36. The Kier molecular flexibility index (Phi) is 3.92. The molecule has 1 atom stereocenters. The third-order valence-electron chi connectivity index (χ3n) is 3.19. The Morgan fingerprint density at radius 2 is 1.88 bits per heavy atom. The molecule has 0 saturated carbocycles. The van der Waals surface area contributed by atoms with E-state index in [0.717, 1.165) is 24.8 Å². The van der Waals surface area contributed by atoms with Crippen molar-refractivity contribution in [3.63, 3.8) is 0 Å². The van der Waals surface area contributed by atoms with Crippen molar-refractivity contribution >= 4 is 17.1 Å². The van der Waals surface area contributed by atoms with Crippen LogP contribution in [0.15, 0.2) is 42.5 Å². The van der Waals surface area contributed by atoms with Gasteiger partial charge in [-0.1, -0.05) is 62.2 Å². The van der Waals surface area contributed by atoms with Gasteiger partial charge in [0.2, 0.25) is 6.29 Å². The van der Waals surface area contributed by atoms with Gasteiger partial charge in [-0.3, -0.25) is 4.79 Å². The molecule has 0 N–H and O–H groups in total. The van der Waals surface area contributed by atoms with E-state index in [4.69, 9.17) is 0 Å². The lowest BCUT2D eigenvalue weighted by Crippen LogP contribution is -2.01. The minimum atomic E-state index is -0.0824. The molecule has 1 radical (unpaired) electrons. The minimum Gasteiger partial charge on any atom is -0.290 e. The standard InChI is InChI=1S/C16H17O/c1-2-3-7-14(12-17)16-11-6-9-13-8-4-5-10-15(13)16/h4-6,8-11,14H,2-3,7H2,1H3. The molecule has 1 nitrogen and oxygen atoms in total. The number of hydrogen-bond acceptors (Lipinski definition) is 1. The third kappa shape index (κ3) is 2.55. The Hall–Kier alpha value is -1.63. The normalized spacial score (nSPS) is 12.5. The van der Waals surface area contributed by atoms with E-state index in [0.29, 0.717) is 0 Å². The summed E-state index contributed by atoms with van der Waals surface area (Å²) < 4.78 is 0. The fourth-order valence-electron chi connectivity index (χ4n) is 2.24. The van der Waals surface area contributed by atoms with Crippen LogP contribution in [-0.4, -0.2) is 6.29 Å². The fraction of sp³-hybridized carbons (Fsp3) is 0.312. The van der Waals surface area contributed by atoms with Crippen LogP contribution in [0.1, 0.15) is 37.7 Å². The SMILES string of the molecule is CCCCC([C]=O)c1cccc2ccccc12. The summed E-state index contributed by atoms with van der Waals surface area (Å²) in [6, 6.07) is 14.4. The van der Waals surface area contributed by atoms with Gasteiger partial charge >= 0.3 is 0 Å². The Balaban J connectivity index is 2.42. The molecule has 2 aromatic carbocycles. The number of fused-ring (bicyclic) bond motifs is 1. The lowest BCUT2D eigenvalue weighted by molar-refractivity contribution is 0.533. The van der Waals surface area contributed by atoms with E-state index in [9.17, 15) is 4.79 Å². The minimum absolute atomic E-state index is 0.0824. The molecule has 0 bridgehead atoms. The molecule has 0 amide bonds. The zero-order valence-electron chi connectivity index (χ0n) is 10.1. The lowest BCUT2D eigenvalue weighted by atomic mass is 9.91. The maximum atomic E-state index is 11.1. The average Bonchev–Trinajstić information content (AvgIpc) is 2.40. The van der Waals surface area contributed by atoms with Gasteiger partial charge in [0.15, 0.2) is 0 Å². The van der Waals surface area contributed by atoms with Gasteiger partial charge in [-0.25, -0.2) is 0 Å². The quantitative estimate of drug-likeness (QED) is 0.744. The van der Waals surface area contributed by atoms with Crippen LogP contribution >= 0.6 is 0 Å². The highest BCUT2D eigenvalue weighted by Crippen LogP contribution is 2.27. The highest BCUT2D eigenvalue weighted by atomic mass is 16.1. The number of carbonyl (C=O) groups excluding carboxylic acids is 1. The van der Waals surface area contributed by atoms with E-state index >= 15 is 0 Å². The fourth-order valence-corrected chi connectivity index (χ4v) is 2.24. The number of hydrogen-bond donors (Lipinski definition) is 0. The second-order valence-electron chi connectivity index (χ2n) is 4.38. The van der Waals surface area contributed by atoms with Gasteiger partial charge in [0.25, 0.3) is 0 Å². The highest BCUT2D eigenvalue weighted by molar-refractivity contribution is 5.88. The zero-order chi connectivity index (χ0) is 12.1. The molecule has 0 aliphatic carbocycles. The van der Waals surface area contributed by atoms with Crippen molar-refractivity contribution in [2.75, 3.05) is 0 Å². The van der Waals surface area contributed by atoms with Crippen LogP contribution in [0.3, 0.4) is 0 Å². The maximum Gasteiger partial charge on any atom is 0.206 e. The second-order valence-corrected chi connectivity index (χ2v) is 4.38. The van der Waals surface area contributed by atoms with Crippen LogP contribution in [0.25, 0.3) is 10.8 Å². The van der Waals surface area contributed by atoms with Crippen molar-refractivity contribution in [3.05, 3.63) is 48.0 Å². The monoisotopic (exact) mass is 225 g/mol. The van der Waals surface area contributed by atoms with Gasteiger partial charge in [-0.15, -0.1) is 0 Å². The van der Waals surface area contributed by atoms with Crippen LogP contribution in [0.5, 0.6) is 0 Å². The molecule has 17 heavy (non-hydrogen) atoms. The van der Waals surface area contributed by atoms with E-state index in [1.54, 1.807) is 0 Å². The molecule has 0 aliphatic rings. The Labute approximate surface area is 102 Å². The number of benzene rings is 2. The van der Waals surface area contributed by atoms with E-state index in [1.807, 2.05) is 24.3 Å². The molecule has 0 heterocycles. The van der Waals surface area contributed by atoms with Gasteiger partial charge in [-0.2, -0.15) is 0 Å². The Bertz CT molecular complexity index is 496. The summed E-state index contributed by atoms with van der Waals surface area (Å²) in [4.78, 5) is 11.1. The van der Waals surface area contributed by atoms with Crippen LogP contribution in [0, 0.1) is 0 Å². The second kappa shape index (κ2) is 5.62. The molecule has 2 aromatic rings. The summed E-state index contributed by atoms with van der Waals surface area (Å²) in [5.41, 5.74) is 1.12. The Morgan fingerprint density at radius 3 is 2.65 bits per heavy atom. The van der Waals surface area contributed by atoms with Crippen LogP contribution < -0.4 is 0 Å². The molecule has 0 aliphatic heterocycles.